The second-order valence-electron chi connectivity index (χ2n) is 7.54. The highest BCUT2D eigenvalue weighted by Crippen LogP contribution is 2.18. The average molecular weight is 449 g/mol. The maximum absolute atomic E-state index is 13.1. The number of amides is 2. The van der Waals surface area contributed by atoms with Crippen LogP contribution in [0, 0.1) is 5.95 Å². The molecule has 1 saturated heterocycles. The van der Waals surface area contributed by atoms with Gasteiger partial charge >= 0.3 is 0 Å². The summed E-state index contributed by atoms with van der Waals surface area (Å²) in [5.41, 5.74) is 1.22. The maximum Gasteiger partial charge on any atom is 0.251 e. The van der Waals surface area contributed by atoms with E-state index in [2.05, 4.69) is 20.2 Å². The van der Waals surface area contributed by atoms with Gasteiger partial charge in [-0.05, 0) is 23.8 Å². The summed E-state index contributed by atoms with van der Waals surface area (Å²) < 4.78 is 18.9. The number of nitrogens with zero attached hydrogens (tertiary/aromatic N) is 4. The fourth-order valence-corrected chi connectivity index (χ4v) is 3.48. The van der Waals surface area contributed by atoms with Crippen molar-refractivity contribution in [1.29, 1.82) is 0 Å². The SMILES string of the molecule is O=C(NCC(=O)N1CCN(c2ccc(OCc3ccccc3)cn2)CC1)c1ccnc(F)c1. The fraction of sp³-hybridized carbons (Fsp3) is 0.250. The van der Waals surface area contributed by atoms with Crippen molar-refractivity contribution in [3.05, 3.63) is 84.1 Å². The molecule has 0 radical (unpaired) electrons. The number of piperazine rings is 1. The molecular formula is C24H24FN5O3. The van der Waals surface area contributed by atoms with Gasteiger partial charge in [0.2, 0.25) is 11.9 Å². The molecule has 0 spiro atoms. The second kappa shape index (κ2) is 10.5. The molecule has 3 aromatic rings. The smallest absolute Gasteiger partial charge is 0.251 e. The van der Waals surface area contributed by atoms with E-state index in [0.29, 0.717) is 38.5 Å². The van der Waals surface area contributed by atoms with Gasteiger partial charge in [-0.15, -0.1) is 0 Å². The van der Waals surface area contributed by atoms with Crippen molar-refractivity contribution in [2.45, 2.75) is 6.61 Å². The van der Waals surface area contributed by atoms with E-state index < -0.39 is 11.9 Å². The van der Waals surface area contributed by atoms with Gasteiger partial charge in [0.25, 0.3) is 5.91 Å². The minimum Gasteiger partial charge on any atom is -0.487 e. The van der Waals surface area contributed by atoms with E-state index in [1.165, 1.54) is 12.3 Å². The van der Waals surface area contributed by atoms with Crippen LogP contribution in [0.15, 0.2) is 67.0 Å². The number of aromatic nitrogens is 2. The molecule has 170 valence electrons. The third kappa shape index (κ3) is 6.03. The van der Waals surface area contributed by atoms with Crippen LogP contribution in [0.2, 0.25) is 0 Å². The zero-order valence-electron chi connectivity index (χ0n) is 18.0. The maximum atomic E-state index is 13.1. The largest absolute Gasteiger partial charge is 0.487 e. The van der Waals surface area contributed by atoms with E-state index in [-0.39, 0.29) is 18.0 Å². The molecule has 0 bridgehead atoms. The molecular weight excluding hydrogens is 425 g/mol. The number of hydrogen-bond acceptors (Lipinski definition) is 6. The van der Waals surface area contributed by atoms with Gasteiger partial charge < -0.3 is 19.9 Å². The van der Waals surface area contributed by atoms with Gasteiger partial charge in [0.05, 0.1) is 12.7 Å². The number of carbonyl (C=O) groups is 2. The molecule has 0 saturated carbocycles. The summed E-state index contributed by atoms with van der Waals surface area (Å²) in [5, 5.41) is 2.53. The van der Waals surface area contributed by atoms with Gasteiger partial charge in [0, 0.05) is 44.0 Å². The molecule has 1 fully saturated rings. The molecule has 4 rings (SSSR count). The standard InChI is InChI=1S/C24H24FN5O3/c25-21-14-19(8-9-26-21)24(32)28-16-23(31)30-12-10-29(11-13-30)22-7-6-20(15-27-22)33-17-18-4-2-1-3-5-18/h1-9,14-15H,10-13,16-17H2,(H,28,32). The molecule has 3 heterocycles. The van der Waals surface area contributed by atoms with Crippen molar-refractivity contribution in [1.82, 2.24) is 20.2 Å². The second-order valence-corrected chi connectivity index (χ2v) is 7.54. The zero-order chi connectivity index (χ0) is 23.0. The quantitative estimate of drug-likeness (QED) is 0.557. The van der Waals surface area contributed by atoms with Gasteiger partial charge in [-0.25, -0.2) is 9.97 Å². The van der Waals surface area contributed by atoms with Crippen molar-refractivity contribution in [3.63, 3.8) is 0 Å². The Bertz CT molecular complexity index is 1090. The van der Waals surface area contributed by atoms with Gasteiger partial charge in [-0.2, -0.15) is 4.39 Å². The van der Waals surface area contributed by atoms with Crippen LogP contribution >= 0.6 is 0 Å². The van der Waals surface area contributed by atoms with Gasteiger partial charge in [0.1, 0.15) is 18.2 Å². The van der Waals surface area contributed by atoms with Crippen molar-refractivity contribution in [2.24, 2.45) is 0 Å². The molecule has 1 N–H and O–H groups in total. The lowest BCUT2D eigenvalue weighted by atomic mass is 10.2. The highest BCUT2D eigenvalue weighted by Gasteiger charge is 2.22. The van der Waals surface area contributed by atoms with Crippen LogP contribution in [0.25, 0.3) is 0 Å². The minimum absolute atomic E-state index is 0.127. The Labute approximate surface area is 191 Å². The number of ether oxygens (including phenoxy) is 1. The van der Waals surface area contributed by atoms with Crippen LogP contribution in [0.1, 0.15) is 15.9 Å². The molecule has 33 heavy (non-hydrogen) atoms. The van der Waals surface area contributed by atoms with Crippen LogP contribution in [-0.2, 0) is 11.4 Å². The van der Waals surface area contributed by atoms with Crippen LogP contribution in [-0.4, -0.2) is 59.4 Å². The van der Waals surface area contributed by atoms with Crippen molar-refractivity contribution < 1.29 is 18.7 Å². The Kier molecular flexibility index (Phi) is 7.09. The van der Waals surface area contributed by atoms with E-state index >= 15 is 0 Å². The minimum atomic E-state index is -0.741. The first-order valence-corrected chi connectivity index (χ1v) is 10.6. The number of benzene rings is 1. The summed E-state index contributed by atoms with van der Waals surface area (Å²) in [6.45, 7) is 2.64. The fourth-order valence-electron chi connectivity index (χ4n) is 3.48. The lowest BCUT2D eigenvalue weighted by Crippen LogP contribution is -2.51. The predicted octanol–water partition coefficient (Wildman–Crippen LogP) is 2.27. The first kappa shape index (κ1) is 22.2. The molecule has 2 amide bonds. The van der Waals surface area contributed by atoms with Crippen molar-refractivity contribution in [2.75, 3.05) is 37.6 Å². The van der Waals surface area contributed by atoms with Gasteiger partial charge in [0.15, 0.2) is 0 Å². The first-order chi connectivity index (χ1) is 16.1. The Morgan fingerprint density at radius 3 is 2.48 bits per heavy atom. The van der Waals surface area contributed by atoms with Crippen molar-refractivity contribution >= 4 is 17.6 Å². The van der Waals surface area contributed by atoms with Gasteiger partial charge in [-0.3, -0.25) is 9.59 Å². The average Bonchev–Trinajstić information content (AvgIpc) is 2.87. The van der Waals surface area contributed by atoms with E-state index in [4.69, 9.17) is 4.74 Å². The summed E-state index contributed by atoms with van der Waals surface area (Å²) in [4.78, 5) is 36.2. The normalized spacial score (nSPS) is 13.5. The highest BCUT2D eigenvalue weighted by atomic mass is 19.1. The topological polar surface area (TPSA) is 87.7 Å². The Hall–Kier alpha value is -4.01. The summed E-state index contributed by atoms with van der Waals surface area (Å²) in [6.07, 6.45) is 2.91. The van der Waals surface area contributed by atoms with E-state index in [1.807, 2.05) is 42.5 Å². The van der Waals surface area contributed by atoms with E-state index in [1.54, 1.807) is 11.1 Å². The van der Waals surface area contributed by atoms with E-state index in [0.717, 1.165) is 17.4 Å². The molecule has 9 heteroatoms. The Morgan fingerprint density at radius 2 is 1.79 bits per heavy atom. The number of nitrogens with one attached hydrogen (secondary N) is 1. The molecule has 8 nitrogen and oxygen atoms in total. The number of rotatable bonds is 7. The predicted molar refractivity (Wildman–Crippen MR) is 120 cm³/mol. The van der Waals surface area contributed by atoms with Crippen LogP contribution in [0.3, 0.4) is 0 Å². The van der Waals surface area contributed by atoms with Crippen LogP contribution in [0.4, 0.5) is 10.2 Å². The molecule has 0 unspecified atom stereocenters. The first-order valence-electron chi connectivity index (χ1n) is 10.6. The van der Waals surface area contributed by atoms with Crippen molar-refractivity contribution in [3.8, 4) is 5.75 Å². The highest BCUT2D eigenvalue weighted by molar-refractivity contribution is 5.96. The molecule has 1 aliphatic heterocycles. The lowest BCUT2D eigenvalue weighted by Gasteiger charge is -2.35. The number of pyridine rings is 2. The molecule has 0 aliphatic carbocycles. The lowest BCUT2D eigenvalue weighted by molar-refractivity contribution is -0.130. The number of carbonyl (C=O) groups excluding carboxylic acids is 2. The Morgan fingerprint density at radius 1 is 1.00 bits per heavy atom. The summed E-state index contributed by atoms with van der Waals surface area (Å²) in [5.74, 6) is 0.0788. The number of anilines is 1. The molecule has 1 aliphatic rings. The van der Waals surface area contributed by atoms with Crippen LogP contribution in [0.5, 0.6) is 5.75 Å². The summed E-state index contributed by atoms with van der Waals surface area (Å²) in [7, 11) is 0. The Balaban J connectivity index is 1.22. The number of hydrogen-bond donors (Lipinski definition) is 1. The monoisotopic (exact) mass is 449 g/mol. The third-order valence-electron chi connectivity index (χ3n) is 5.31. The van der Waals surface area contributed by atoms with E-state index in [9.17, 15) is 14.0 Å². The molecule has 0 atom stereocenters. The number of halogens is 1. The molecule has 1 aromatic carbocycles. The summed E-state index contributed by atoms with van der Waals surface area (Å²) in [6, 6.07) is 16.2. The third-order valence-corrected chi connectivity index (χ3v) is 5.31. The zero-order valence-corrected chi connectivity index (χ0v) is 18.0. The molecule has 2 aromatic heterocycles. The van der Waals surface area contributed by atoms with Crippen LogP contribution < -0.4 is 15.0 Å². The van der Waals surface area contributed by atoms with Gasteiger partial charge in [-0.1, -0.05) is 30.3 Å². The summed E-state index contributed by atoms with van der Waals surface area (Å²) >= 11 is 0.